The molecule has 4 N–H and O–H groups in total. The van der Waals surface area contributed by atoms with E-state index in [4.69, 9.17) is 15.2 Å². The number of carbonyl (C=O) groups excluding carboxylic acids is 4. The molecule has 28 heavy (non-hydrogen) atoms. The molecule has 10 heteroatoms. The number of rotatable bonds is 10. The van der Waals surface area contributed by atoms with E-state index in [0.29, 0.717) is 23.4 Å². The molecule has 1 rings (SSSR count). The van der Waals surface area contributed by atoms with Gasteiger partial charge in [0.05, 0.1) is 11.7 Å². The second-order valence-corrected chi connectivity index (χ2v) is 7.02. The number of carbonyl (C=O) groups is 4. The second-order valence-electron chi connectivity index (χ2n) is 6.03. The molecule has 0 saturated heterocycles. The molecule has 9 nitrogen and oxygen atoms in total. The fraction of sp³-hybridized carbons (Fsp3) is 0.444. The quantitative estimate of drug-likeness (QED) is 0.496. The molecule has 0 aliphatic heterocycles. The van der Waals surface area contributed by atoms with Crippen molar-refractivity contribution in [2.75, 3.05) is 23.9 Å². The Hall–Kier alpha value is -2.75. The smallest absolute Gasteiger partial charge is 0.338 e. The lowest BCUT2D eigenvalue weighted by atomic mass is 10.2. The van der Waals surface area contributed by atoms with E-state index in [1.165, 1.54) is 36.0 Å². The van der Waals surface area contributed by atoms with E-state index in [1.54, 1.807) is 13.8 Å². The molecule has 0 bridgehead atoms. The molecule has 0 aliphatic rings. The SMILES string of the molecule is CSCC[C@H](NC(N)=O)C(=O)OCC(=O)Nc1ccc(C(=O)OC(C)C)cc1. The lowest BCUT2D eigenvalue weighted by Crippen LogP contribution is -2.45. The minimum Gasteiger partial charge on any atom is -0.459 e. The van der Waals surface area contributed by atoms with E-state index in [-0.39, 0.29) is 6.10 Å². The van der Waals surface area contributed by atoms with Crippen LogP contribution in [0.4, 0.5) is 10.5 Å². The van der Waals surface area contributed by atoms with Gasteiger partial charge in [0, 0.05) is 5.69 Å². The molecule has 1 aromatic rings. The van der Waals surface area contributed by atoms with Crippen LogP contribution in [0.15, 0.2) is 24.3 Å². The maximum Gasteiger partial charge on any atom is 0.338 e. The molecule has 0 spiro atoms. The first-order chi connectivity index (χ1) is 13.2. The number of primary amides is 1. The van der Waals surface area contributed by atoms with Crippen LogP contribution in [0.2, 0.25) is 0 Å². The molecular formula is C18H25N3O6S. The van der Waals surface area contributed by atoms with Crippen LogP contribution in [0.25, 0.3) is 0 Å². The summed E-state index contributed by atoms with van der Waals surface area (Å²) < 4.78 is 10.0. The number of hydrogen-bond acceptors (Lipinski definition) is 7. The van der Waals surface area contributed by atoms with Crippen molar-refractivity contribution in [3.63, 3.8) is 0 Å². The number of anilines is 1. The Morgan fingerprint density at radius 3 is 2.32 bits per heavy atom. The van der Waals surface area contributed by atoms with Crippen molar-refractivity contribution in [1.82, 2.24) is 5.32 Å². The van der Waals surface area contributed by atoms with Crippen molar-refractivity contribution in [2.24, 2.45) is 5.73 Å². The molecule has 0 aliphatic carbocycles. The number of esters is 2. The lowest BCUT2D eigenvalue weighted by Gasteiger charge is -2.16. The maximum atomic E-state index is 12.0. The van der Waals surface area contributed by atoms with Crippen molar-refractivity contribution in [2.45, 2.75) is 32.4 Å². The predicted molar refractivity (Wildman–Crippen MR) is 106 cm³/mol. The Kier molecular flexibility index (Phi) is 9.86. The number of amides is 3. The Morgan fingerprint density at radius 1 is 1.14 bits per heavy atom. The van der Waals surface area contributed by atoms with Crippen LogP contribution in [-0.4, -0.2) is 54.6 Å². The summed E-state index contributed by atoms with van der Waals surface area (Å²) >= 11 is 1.49. The van der Waals surface area contributed by atoms with E-state index < -0.39 is 36.5 Å². The third-order valence-electron chi connectivity index (χ3n) is 3.30. The molecular weight excluding hydrogens is 386 g/mol. The molecule has 1 atom stereocenters. The highest BCUT2D eigenvalue weighted by atomic mass is 32.2. The summed E-state index contributed by atoms with van der Waals surface area (Å²) in [5.74, 6) is -1.15. The van der Waals surface area contributed by atoms with Crippen molar-refractivity contribution in [1.29, 1.82) is 0 Å². The van der Waals surface area contributed by atoms with Gasteiger partial charge in [0.1, 0.15) is 6.04 Å². The largest absolute Gasteiger partial charge is 0.459 e. The summed E-state index contributed by atoms with van der Waals surface area (Å²) in [5, 5.41) is 4.84. The summed E-state index contributed by atoms with van der Waals surface area (Å²) in [5.41, 5.74) is 5.83. The number of nitrogens with two attached hydrogens (primary N) is 1. The van der Waals surface area contributed by atoms with Crippen LogP contribution in [-0.2, 0) is 19.1 Å². The second kappa shape index (κ2) is 11.9. The van der Waals surface area contributed by atoms with Crippen molar-refractivity contribution >= 4 is 41.3 Å². The van der Waals surface area contributed by atoms with Gasteiger partial charge in [0.15, 0.2) is 6.61 Å². The van der Waals surface area contributed by atoms with Crippen LogP contribution < -0.4 is 16.4 Å². The van der Waals surface area contributed by atoms with Crippen molar-refractivity contribution in [3.8, 4) is 0 Å². The first kappa shape index (κ1) is 23.3. The zero-order valence-corrected chi connectivity index (χ0v) is 16.8. The van der Waals surface area contributed by atoms with E-state index in [1.807, 2.05) is 6.26 Å². The van der Waals surface area contributed by atoms with Crippen LogP contribution in [0.1, 0.15) is 30.6 Å². The van der Waals surface area contributed by atoms with Gasteiger partial charge in [-0.05, 0) is 56.5 Å². The minimum atomic E-state index is -0.913. The zero-order valence-electron chi connectivity index (χ0n) is 16.0. The summed E-state index contributed by atoms with van der Waals surface area (Å²) in [6, 6.07) is 4.34. The molecule has 0 unspecified atom stereocenters. The van der Waals surface area contributed by atoms with Gasteiger partial charge in [0.25, 0.3) is 5.91 Å². The average Bonchev–Trinajstić information content (AvgIpc) is 2.62. The van der Waals surface area contributed by atoms with Crippen LogP contribution in [0, 0.1) is 0 Å². The van der Waals surface area contributed by atoms with Crippen molar-refractivity contribution in [3.05, 3.63) is 29.8 Å². The van der Waals surface area contributed by atoms with Gasteiger partial charge in [-0.15, -0.1) is 0 Å². The number of hydrogen-bond donors (Lipinski definition) is 3. The Morgan fingerprint density at radius 2 is 1.79 bits per heavy atom. The standard InChI is InChI=1S/C18H25N3O6S/c1-11(2)27-16(23)12-4-6-13(7-5-12)20-15(22)10-26-17(24)14(8-9-28-3)21-18(19)25/h4-7,11,14H,8-10H2,1-3H3,(H,20,22)(H3,19,21,25)/t14-/m0/s1. The zero-order chi connectivity index (χ0) is 21.1. The molecule has 154 valence electrons. The molecule has 3 amide bonds. The Labute approximate surface area is 167 Å². The fourth-order valence-corrected chi connectivity index (χ4v) is 2.53. The summed E-state index contributed by atoms with van der Waals surface area (Å²) in [6.07, 6.45) is 1.96. The molecule has 0 radical (unpaired) electrons. The monoisotopic (exact) mass is 411 g/mol. The van der Waals surface area contributed by atoms with E-state index in [9.17, 15) is 19.2 Å². The third kappa shape index (κ3) is 8.76. The highest BCUT2D eigenvalue weighted by molar-refractivity contribution is 7.98. The van der Waals surface area contributed by atoms with E-state index in [2.05, 4.69) is 10.6 Å². The normalized spacial score (nSPS) is 11.4. The van der Waals surface area contributed by atoms with Crippen LogP contribution >= 0.6 is 11.8 Å². The number of benzene rings is 1. The molecule has 0 saturated carbocycles. The fourth-order valence-electron chi connectivity index (χ4n) is 2.06. The molecule has 0 heterocycles. The third-order valence-corrected chi connectivity index (χ3v) is 3.95. The van der Waals surface area contributed by atoms with Gasteiger partial charge in [-0.2, -0.15) is 11.8 Å². The highest BCUT2D eigenvalue weighted by Gasteiger charge is 2.22. The molecule has 1 aromatic carbocycles. The number of ether oxygens (including phenoxy) is 2. The highest BCUT2D eigenvalue weighted by Crippen LogP contribution is 2.11. The first-order valence-corrected chi connectivity index (χ1v) is 9.94. The van der Waals surface area contributed by atoms with Crippen molar-refractivity contribution < 1.29 is 28.7 Å². The van der Waals surface area contributed by atoms with Gasteiger partial charge in [-0.25, -0.2) is 14.4 Å². The first-order valence-electron chi connectivity index (χ1n) is 8.55. The molecule has 0 aromatic heterocycles. The summed E-state index contributed by atoms with van der Waals surface area (Å²) in [6.45, 7) is 2.98. The predicted octanol–water partition coefficient (Wildman–Crippen LogP) is 1.52. The molecule has 0 fully saturated rings. The summed E-state index contributed by atoms with van der Waals surface area (Å²) in [4.78, 5) is 46.7. The van der Waals surface area contributed by atoms with Crippen LogP contribution in [0.5, 0.6) is 0 Å². The van der Waals surface area contributed by atoms with E-state index >= 15 is 0 Å². The Balaban J connectivity index is 2.53. The minimum absolute atomic E-state index is 0.231. The van der Waals surface area contributed by atoms with Gasteiger partial charge in [-0.3, -0.25) is 4.79 Å². The van der Waals surface area contributed by atoms with Crippen LogP contribution in [0.3, 0.4) is 0 Å². The van der Waals surface area contributed by atoms with E-state index in [0.717, 1.165) is 0 Å². The van der Waals surface area contributed by atoms with Gasteiger partial charge in [-0.1, -0.05) is 0 Å². The van der Waals surface area contributed by atoms with Gasteiger partial charge < -0.3 is 25.8 Å². The van der Waals surface area contributed by atoms with Gasteiger partial charge >= 0.3 is 18.0 Å². The number of nitrogens with one attached hydrogen (secondary N) is 2. The Bertz CT molecular complexity index is 693. The maximum absolute atomic E-state index is 12.0. The summed E-state index contributed by atoms with van der Waals surface area (Å²) in [7, 11) is 0. The number of urea groups is 1. The lowest BCUT2D eigenvalue weighted by molar-refractivity contribution is -0.149. The average molecular weight is 411 g/mol. The number of thioether (sulfide) groups is 1. The topological polar surface area (TPSA) is 137 Å². The van der Waals surface area contributed by atoms with Gasteiger partial charge in [0.2, 0.25) is 0 Å².